The zero-order chi connectivity index (χ0) is 15.4. The average Bonchev–Trinajstić information content (AvgIpc) is 2.96. The molecule has 0 fully saturated rings. The first kappa shape index (κ1) is 14.8. The fourth-order valence-corrected chi connectivity index (χ4v) is 3.96. The van der Waals surface area contributed by atoms with E-state index in [-0.39, 0.29) is 5.91 Å². The molecule has 0 saturated heterocycles. The van der Waals surface area contributed by atoms with E-state index in [1.807, 2.05) is 0 Å². The predicted octanol–water partition coefficient (Wildman–Crippen LogP) is 3.06. The van der Waals surface area contributed by atoms with Crippen LogP contribution in [0.2, 0.25) is 0 Å². The van der Waals surface area contributed by atoms with E-state index in [0.717, 1.165) is 24.3 Å². The Balaban J connectivity index is 1.67. The van der Waals surface area contributed by atoms with Crippen molar-refractivity contribution in [2.24, 2.45) is 0 Å². The van der Waals surface area contributed by atoms with E-state index in [1.54, 1.807) is 18.3 Å². The zero-order valence-corrected chi connectivity index (χ0v) is 13.4. The molecule has 1 heterocycles. The Kier molecular flexibility index (Phi) is 4.55. The lowest BCUT2D eigenvalue weighted by Crippen LogP contribution is -2.20. The van der Waals surface area contributed by atoms with Crippen LogP contribution in [0.1, 0.15) is 40.4 Å². The molecule has 1 N–H and O–H groups in total. The highest BCUT2D eigenvalue weighted by Gasteiger charge is 2.23. The molecule has 22 heavy (non-hydrogen) atoms. The normalized spacial score (nSPS) is 16.3. The van der Waals surface area contributed by atoms with Crippen LogP contribution in [-0.4, -0.2) is 10.9 Å². The fraction of sp³-hybridized carbons (Fsp3) is 0.333. The van der Waals surface area contributed by atoms with Crippen molar-refractivity contribution >= 4 is 17.2 Å². The van der Waals surface area contributed by atoms with E-state index < -0.39 is 0 Å². The van der Waals surface area contributed by atoms with Crippen molar-refractivity contribution in [3.8, 4) is 11.8 Å². The van der Waals surface area contributed by atoms with Gasteiger partial charge in [-0.2, -0.15) is 0 Å². The minimum atomic E-state index is -0.238. The van der Waals surface area contributed by atoms with Gasteiger partial charge in [-0.1, -0.05) is 36.3 Å². The second-order valence-corrected chi connectivity index (χ2v) is 6.55. The number of hydrogen-bond acceptors (Lipinski definition) is 3. The number of nitrogens with one attached hydrogen (secondary N) is 1. The lowest BCUT2D eigenvalue weighted by atomic mass is 9.85. The highest BCUT2D eigenvalue weighted by atomic mass is 32.1. The number of thiazole rings is 1. The van der Waals surface area contributed by atoms with Crippen LogP contribution in [0.25, 0.3) is 0 Å². The number of carbonyl (C=O) groups excluding carboxylic acids is 1. The van der Waals surface area contributed by atoms with Gasteiger partial charge in [0.25, 0.3) is 5.91 Å². The predicted molar refractivity (Wildman–Crippen MR) is 88.6 cm³/mol. The van der Waals surface area contributed by atoms with Crippen LogP contribution < -0.4 is 5.32 Å². The lowest BCUT2D eigenvalue weighted by Gasteiger charge is -2.21. The van der Waals surface area contributed by atoms with Gasteiger partial charge in [-0.25, -0.2) is 4.98 Å². The third-order valence-corrected chi connectivity index (χ3v) is 5.01. The van der Waals surface area contributed by atoms with Crippen LogP contribution in [0.4, 0.5) is 0 Å². The van der Waals surface area contributed by atoms with E-state index in [4.69, 9.17) is 0 Å². The number of carbonyl (C=O) groups is 1. The van der Waals surface area contributed by atoms with Gasteiger partial charge in [-0.15, -0.1) is 11.3 Å². The second kappa shape index (κ2) is 6.76. The van der Waals surface area contributed by atoms with Gasteiger partial charge in [0.05, 0.1) is 12.2 Å². The maximum atomic E-state index is 11.4. The van der Waals surface area contributed by atoms with Crippen molar-refractivity contribution in [2.45, 2.75) is 38.6 Å². The summed E-state index contributed by atoms with van der Waals surface area (Å²) >= 11 is 1.72. The first-order valence-electron chi connectivity index (χ1n) is 7.49. The van der Waals surface area contributed by atoms with Crippen molar-refractivity contribution in [1.82, 2.24) is 10.3 Å². The van der Waals surface area contributed by atoms with Gasteiger partial charge in [0.1, 0.15) is 5.01 Å². The summed E-state index contributed by atoms with van der Waals surface area (Å²) < 4.78 is 0. The monoisotopic (exact) mass is 310 g/mol. The standard InChI is InChI=1S/C18H18N2OS/c1-2-6-17(21)19-12-18-20-15-10-9-14(11-16(15)22-18)13-7-4-3-5-8-13/h3-5,7-8,14H,9-12H2,1H3,(H,19,21). The molecular formula is C18H18N2OS. The largest absolute Gasteiger partial charge is 0.339 e. The molecule has 3 rings (SSSR count). The van der Waals surface area contributed by atoms with Crippen molar-refractivity contribution in [2.75, 3.05) is 0 Å². The second-order valence-electron chi connectivity index (χ2n) is 5.39. The van der Waals surface area contributed by atoms with Crippen molar-refractivity contribution in [3.63, 3.8) is 0 Å². The van der Waals surface area contributed by atoms with Gasteiger partial charge in [0.15, 0.2) is 0 Å². The van der Waals surface area contributed by atoms with Crippen LogP contribution in [0, 0.1) is 11.8 Å². The zero-order valence-electron chi connectivity index (χ0n) is 12.6. The smallest absolute Gasteiger partial charge is 0.296 e. The molecule has 4 heteroatoms. The summed E-state index contributed by atoms with van der Waals surface area (Å²) in [6.07, 6.45) is 3.22. The highest BCUT2D eigenvalue weighted by molar-refractivity contribution is 7.11. The number of hydrogen-bond donors (Lipinski definition) is 1. The molecule has 112 valence electrons. The van der Waals surface area contributed by atoms with Gasteiger partial charge in [-0.3, -0.25) is 4.79 Å². The molecule has 1 unspecified atom stereocenters. The Labute approximate surface area is 134 Å². The Morgan fingerprint density at radius 1 is 1.41 bits per heavy atom. The Hall–Kier alpha value is -2.12. The van der Waals surface area contributed by atoms with E-state index in [2.05, 4.69) is 52.5 Å². The molecule has 1 aliphatic carbocycles. The van der Waals surface area contributed by atoms with E-state index in [0.29, 0.717) is 12.5 Å². The van der Waals surface area contributed by atoms with Crippen molar-refractivity contribution in [3.05, 3.63) is 51.5 Å². The van der Waals surface area contributed by atoms with Crippen LogP contribution in [-0.2, 0) is 24.2 Å². The minimum Gasteiger partial charge on any atom is -0.339 e. The summed E-state index contributed by atoms with van der Waals surface area (Å²) in [5, 5.41) is 3.76. The number of benzene rings is 1. The number of rotatable bonds is 3. The SMILES string of the molecule is CC#CC(=O)NCc1nc2c(s1)CC(c1ccccc1)CC2. The molecule has 1 atom stereocenters. The first-order valence-corrected chi connectivity index (χ1v) is 8.31. The number of nitrogens with zero attached hydrogens (tertiary/aromatic N) is 1. The fourth-order valence-electron chi connectivity index (χ4n) is 2.83. The average molecular weight is 310 g/mol. The van der Waals surface area contributed by atoms with Crippen LogP contribution in [0.15, 0.2) is 30.3 Å². The van der Waals surface area contributed by atoms with E-state index in [9.17, 15) is 4.79 Å². The Morgan fingerprint density at radius 2 is 2.23 bits per heavy atom. The molecule has 1 amide bonds. The minimum absolute atomic E-state index is 0.238. The summed E-state index contributed by atoms with van der Waals surface area (Å²) in [5.41, 5.74) is 2.62. The third-order valence-electron chi connectivity index (χ3n) is 3.89. The quantitative estimate of drug-likeness (QED) is 0.885. The summed E-state index contributed by atoms with van der Waals surface area (Å²) in [6.45, 7) is 2.13. The van der Waals surface area contributed by atoms with Gasteiger partial charge in [0, 0.05) is 4.88 Å². The molecule has 1 aliphatic rings. The summed E-state index contributed by atoms with van der Waals surface area (Å²) in [5.74, 6) is 5.43. The number of aromatic nitrogens is 1. The Bertz CT molecular complexity index is 725. The molecule has 2 aromatic rings. The van der Waals surface area contributed by atoms with E-state index >= 15 is 0 Å². The summed E-state index contributed by atoms with van der Waals surface area (Å²) in [7, 11) is 0. The van der Waals surface area contributed by atoms with Crippen LogP contribution >= 0.6 is 11.3 Å². The maximum absolute atomic E-state index is 11.4. The summed E-state index contributed by atoms with van der Waals surface area (Å²) in [6, 6.07) is 10.7. The molecule has 0 radical (unpaired) electrons. The highest BCUT2D eigenvalue weighted by Crippen LogP contribution is 2.35. The lowest BCUT2D eigenvalue weighted by molar-refractivity contribution is -0.115. The van der Waals surface area contributed by atoms with Gasteiger partial charge in [-0.05, 0) is 43.6 Å². The third kappa shape index (κ3) is 3.37. The van der Waals surface area contributed by atoms with Crippen molar-refractivity contribution < 1.29 is 4.79 Å². The molecule has 0 saturated carbocycles. The van der Waals surface area contributed by atoms with Crippen molar-refractivity contribution in [1.29, 1.82) is 0 Å². The van der Waals surface area contributed by atoms with E-state index in [1.165, 1.54) is 16.1 Å². The number of aryl methyl sites for hydroxylation is 1. The topological polar surface area (TPSA) is 42.0 Å². The molecule has 0 bridgehead atoms. The number of amides is 1. The van der Waals surface area contributed by atoms with Gasteiger partial charge >= 0.3 is 0 Å². The maximum Gasteiger partial charge on any atom is 0.296 e. The summed E-state index contributed by atoms with van der Waals surface area (Å²) in [4.78, 5) is 17.4. The Morgan fingerprint density at radius 3 is 3.00 bits per heavy atom. The molecule has 1 aromatic carbocycles. The molecule has 1 aromatic heterocycles. The first-order chi connectivity index (χ1) is 10.8. The molecule has 0 aliphatic heterocycles. The van der Waals surface area contributed by atoms with Crippen LogP contribution in [0.5, 0.6) is 0 Å². The molecular weight excluding hydrogens is 292 g/mol. The molecule has 0 spiro atoms. The number of fused-ring (bicyclic) bond motifs is 1. The molecule has 3 nitrogen and oxygen atoms in total. The van der Waals surface area contributed by atoms with Gasteiger partial charge < -0.3 is 5.32 Å². The van der Waals surface area contributed by atoms with Crippen LogP contribution in [0.3, 0.4) is 0 Å². The van der Waals surface area contributed by atoms with Gasteiger partial charge in [0.2, 0.25) is 0 Å².